The number of amides is 2. The van der Waals surface area contributed by atoms with Crippen molar-refractivity contribution in [3.8, 4) is 0 Å². The Balaban J connectivity index is 1.86. The number of aromatic nitrogens is 2. The third-order valence-corrected chi connectivity index (χ3v) is 5.56. The van der Waals surface area contributed by atoms with Crippen molar-refractivity contribution in [1.29, 1.82) is 0 Å². The van der Waals surface area contributed by atoms with Gasteiger partial charge < -0.3 is 11.1 Å². The van der Waals surface area contributed by atoms with Gasteiger partial charge >= 0.3 is 0 Å². The predicted molar refractivity (Wildman–Crippen MR) is 115 cm³/mol. The number of para-hydroxylation sites is 2. The molecule has 0 spiro atoms. The number of fused-ring (bicyclic) bond motifs is 1. The fourth-order valence-corrected chi connectivity index (χ4v) is 3.82. The molecule has 7 nitrogen and oxygen atoms in total. The first-order valence-electron chi connectivity index (χ1n) is 9.25. The highest BCUT2D eigenvalue weighted by molar-refractivity contribution is 7.99. The Labute approximate surface area is 172 Å². The summed E-state index contributed by atoms with van der Waals surface area (Å²) in [6, 6.07) is 13.7. The molecule has 0 aliphatic rings. The molecule has 0 aliphatic heterocycles. The first kappa shape index (κ1) is 20.6. The maximum atomic E-state index is 13.0. The maximum Gasteiger partial charge on any atom is 0.262 e. The average Bonchev–Trinajstić information content (AvgIpc) is 2.72. The molecule has 3 aromatic rings. The fourth-order valence-electron chi connectivity index (χ4n) is 2.92. The van der Waals surface area contributed by atoms with Crippen molar-refractivity contribution in [2.45, 2.75) is 31.5 Å². The summed E-state index contributed by atoms with van der Waals surface area (Å²) in [6.45, 7) is 3.94. The molecule has 1 heterocycles. The van der Waals surface area contributed by atoms with E-state index in [9.17, 15) is 14.4 Å². The van der Waals surface area contributed by atoms with E-state index < -0.39 is 5.91 Å². The van der Waals surface area contributed by atoms with Crippen molar-refractivity contribution in [3.63, 3.8) is 0 Å². The SMILES string of the molecule is CC[C@H](C)n1c(SCC(=O)Nc2ccccc2C(N)=O)nc2ccccc2c1=O. The predicted octanol–water partition coefficient (Wildman–Crippen LogP) is 3.20. The van der Waals surface area contributed by atoms with Crippen molar-refractivity contribution in [1.82, 2.24) is 9.55 Å². The molecular weight excluding hydrogens is 388 g/mol. The summed E-state index contributed by atoms with van der Waals surface area (Å²) in [5, 5.41) is 3.74. The lowest BCUT2D eigenvalue weighted by Gasteiger charge is -2.18. The standard InChI is InChI=1S/C21H22N4O3S/c1-3-13(2)25-20(28)15-9-5-7-11-17(15)24-21(25)29-12-18(26)23-16-10-6-4-8-14(16)19(22)27/h4-11,13H,3,12H2,1-2H3,(H2,22,27)(H,23,26)/t13-/m0/s1. The molecule has 2 aromatic carbocycles. The van der Waals surface area contributed by atoms with Crippen LogP contribution < -0.4 is 16.6 Å². The second kappa shape index (κ2) is 8.91. The number of nitrogens with one attached hydrogen (secondary N) is 1. The Morgan fingerprint density at radius 3 is 2.59 bits per heavy atom. The first-order chi connectivity index (χ1) is 13.9. The number of hydrogen-bond donors (Lipinski definition) is 2. The van der Waals surface area contributed by atoms with Crippen molar-refractivity contribution >= 4 is 40.2 Å². The first-order valence-corrected chi connectivity index (χ1v) is 10.2. The van der Waals surface area contributed by atoms with Crippen LogP contribution in [0.4, 0.5) is 5.69 Å². The molecule has 0 saturated carbocycles. The van der Waals surface area contributed by atoms with E-state index in [1.807, 2.05) is 26.0 Å². The minimum absolute atomic E-state index is 0.0360. The van der Waals surface area contributed by atoms with Crippen LogP contribution in [0.1, 0.15) is 36.7 Å². The molecule has 3 rings (SSSR count). The quantitative estimate of drug-likeness (QED) is 0.459. The molecule has 3 N–H and O–H groups in total. The topological polar surface area (TPSA) is 107 Å². The van der Waals surface area contributed by atoms with Gasteiger partial charge in [0.1, 0.15) is 0 Å². The van der Waals surface area contributed by atoms with E-state index in [0.29, 0.717) is 21.7 Å². The zero-order valence-electron chi connectivity index (χ0n) is 16.2. The molecule has 0 fully saturated rings. The number of anilines is 1. The molecule has 0 radical (unpaired) electrons. The number of nitrogens with two attached hydrogens (primary N) is 1. The van der Waals surface area contributed by atoms with E-state index in [2.05, 4.69) is 10.3 Å². The molecule has 0 unspecified atom stereocenters. The van der Waals surface area contributed by atoms with Gasteiger partial charge in [-0.3, -0.25) is 19.0 Å². The molecule has 1 atom stereocenters. The lowest BCUT2D eigenvalue weighted by atomic mass is 10.1. The van der Waals surface area contributed by atoms with E-state index in [1.54, 1.807) is 41.0 Å². The monoisotopic (exact) mass is 410 g/mol. The number of nitrogens with zero attached hydrogens (tertiary/aromatic N) is 2. The number of carbonyl (C=O) groups excluding carboxylic acids is 2. The fraction of sp³-hybridized carbons (Fsp3) is 0.238. The summed E-state index contributed by atoms with van der Waals surface area (Å²) in [5.41, 5.74) is 6.43. The van der Waals surface area contributed by atoms with Gasteiger partial charge in [0.05, 0.1) is 27.9 Å². The van der Waals surface area contributed by atoms with Gasteiger partial charge in [-0.1, -0.05) is 43.0 Å². The molecule has 0 saturated heterocycles. The van der Waals surface area contributed by atoms with Gasteiger partial charge in [-0.15, -0.1) is 0 Å². The minimum Gasteiger partial charge on any atom is -0.366 e. The summed E-state index contributed by atoms with van der Waals surface area (Å²) in [7, 11) is 0. The molecule has 0 aliphatic carbocycles. The Morgan fingerprint density at radius 2 is 1.86 bits per heavy atom. The van der Waals surface area contributed by atoms with Crippen LogP contribution in [-0.2, 0) is 4.79 Å². The van der Waals surface area contributed by atoms with Crippen molar-refractivity contribution in [3.05, 3.63) is 64.4 Å². The lowest BCUT2D eigenvalue weighted by molar-refractivity contribution is -0.113. The van der Waals surface area contributed by atoms with Crippen LogP contribution in [0.25, 0.3) is 10.9 Å². The highest BCUT2D eigenvalue weighted by Crippen LogP contribution is 2.23. The van der Waals surface area contributed by atoms with Crippen LogP contribution in [0.3, 0.4) is 0 Å². The largest absolute Gasteiger partial charge is 0.366 e. The van der Waals surface area contributed by atoms with Crippen LogP contribution in [0.15, 0.2) is 58.5 Å². The van der Waals surface area contributed by atoms with E-state index in [4.69, 9.17) is 5.73 Å². The smallest absolute Gasteiger partial charge is 0.262 e. The van der Waals surface area contributed by atoms with Crippen LogP contribution in [-0.4, -0.2) is 27.1 Å². The molecule has 0 bridgehead atoms. The van der Waals surface area contributed by atoms with Crippen molar-refractivity contribution < 1.29 is 9.59 Å². The number of thioether (sulfide) groups is 1. The minimum atomic E-state index is -0.615. The molecular formula is C21H22N4O3S. The number of hydrogen-bond acceptors (Lipinski definition) is 5. The number of primary amides is 1. The van der Waals surface area contributed by atoms with Crippen molar-refractivity contribution in [2.24, 2.45) is 5.73 Å². The van der Waals surface area contributed by atoms with Crippen LogP contribution in [0, 0.1) is 0 Å². The highest BCUT2D eigenvalue weighted by Gasteiger charge is 2.17. The van der Waals surface area contributed by atoms with E-state index >= 15 is 0 Å². The second-order valence-electron chi connectivity index (χ2n) is 6.59. The average molecular weight is 410 g/mol. The number of benzene rings is 2. The van der Waals surface area contributed by atoms with Crippen molar-refractivity contribution in [2.75, 3.05) is 11.1 Å². The summed E-state index contributed by atoms with van der Waals surface area (Å²) in [4.78, 5) is 41.5. The van der Waals surface area contributed by atoms with Gasteiger partial charge in [0.15, 0.2) is 5.16 Å². The van der Waals surface area contributed by atoms with E-state index in [0.717, 1.165) is 6.42 Å². The summed E-state index contributed by atoms with van der Waals surface area (Å²) in [5.74, 6) is -0.897. The maximum absolute atomic E-state index is 13.0. The summed E-state index contributed by atoms with van der Waals surface area (Å²) in [6.07, 6.45) is 0.756. The lowest BCUT2D eigenvalue weighted by Crippen LogP contribution is -2.27. The van der Waals surface area contributed by atoms with Gasteiger partial charge in [-0.25, -0.2) is 4.98 Å². The molecule has 2 amide bonds. The van der Waals surface area contributed by atoms with Crippen LogP contribution in [0.2, 0.25) is 0 Å². The number of rotatable bonds is 7. The zero-order valence-corrected chi connectivity index (χ0v) is 17.0. The third-order valence-electron chi connectivity index (χ3n) is 4.61. The molecule has 8 heteroatoms. The van der Waals surface area contributed by atoms with Gasteiger partial charge in [0.25, 0.3) is 11.5 Å². The second-order valence-corrected chi connectivity index (χ2v) is 7.53. The molecule has 29 heavy (non-hydrogen) atoms. The zero-order chi connectivity index (χ0) is 21.0. The summed E-state index contributed by atoms with van der Waals surface area (Å²) < 4.78 is 1.64. The normalized spacial score (nSPS) is 11.9. The van der Waals surface area contributed by atoms with Crippen LogP contribution in [0.5, 0.6) is 0 Å². The Bertz CT molecular complexity index is 1130. The Morgan fingerprint density at radius 1 is 1.17 bits per heavy atom. The van der Waals surface area contributed by atoms with E-state index in [-0.39, 0.29) is 28.8 Å². The Hall–Kier alpha value is -3.13. The van der Waals surface area contributed by atoms with Gasteiger partial charge in [-0.05, 0) is 37.6 Å². The highest BCUT2D eigenvalue weighted by atomic mass is 32.2. The van der Waals surface area contributed by atoms with Gasteiger partial charge in [0, 0.05) is 6.04 Å². The van der Waals surface area contributed by atoms with E-state index in [1.165, 1.54) is 11.8 Å². The van der Waals surface area contributed by atoms with Gasteiger partial charge in [-0.2, -0.15) is 0 Å². The molecule has 150 valence electrons. The summed E-state index contributed by atoms with van der Waals surface area (Å²) >= 11 is 1.18. The Kier molecular flexibility index (Phi) is 6.33. The third kappa shape index (κ3) is 4.48. The number of carbonyl (C=O) groups is 2. The van der Waals surface area contributed by atoms with Crippen LogP contribution >= 0.6 is 11.8 Å². The van der Waals surface area contributed by atoms with Gasteiger partial charge in [0.2, 0.25) is 5.91 Å². The molecule has 1 aromatic heterocycles.